The molecule has 3 aromatic carbocycles. The van der Waals surface area contributed by atoms with E-state index >= 15 is 0 Å². The Balaban J connectivity index is 1.47. The summed E-state index contributed by atoms with van der Waals surface area (Å²) in [6, 6.07) is 17.9. The first-order valence-electron chi connectivity index (χ1n) is 14.8. The molecule has 1 aromatic heterocycles. The number of carboxylic acids is 1. The molecule has 0 unspecified atom stereocenters. The summed E-state index contributed by atoms with van der Waals surface area (Å²) in [6.07, 6.45) is 0. The fraction of sp³-hybridized carbons (Fsp3) is 0.353. The zero-order valence-corrected chi connectivity index (χ0v) is 28.8. The number of anilines is 1. The van der Waals surface area contributed by atoms with Crippen LogP contribution in [0.3, 0.4) is 0 Å². The number of carbonyl (C=O) groups is 2. The van der Waals surface area contributed by atoms with Crippen molar-refractivity contribution in [3.05, 3.63) is 83.6 Å². The van der Waals surface area contributed by atoms with Gasteiger partial charge in [-0.1, -0.05) is 71.0 Å². The predicted molar refractivity (Wildman–Crippen MR) is 179 cm³/mol. The van der Waals surface area contributed by atoms with E-state index in [2.05, 4.69) is 43.9 Å². The van der Waals surface area contributed by atoms with Crippen molar-refractivity contribution >= 4 is 46.9 Å². The lowest BCUT2D eigenvalue weighted by Crippen LogP contribution is -2.44. The van der Waals surface area contributed by atoms with E-state index in [0.717, 1.165) is 27.6 Å². The van der Waals surface area contributed by atoms with E-state index in [1.54, 1.807) is 38.1 Å². The van der Waals surface area contributed by atoms with Crippen molar-refractivity contribution in [3.63, 3.8) is 0 Å². The van der Waals surface area contributed by atoms with Crippen LogP contribution in [0.25, 0.3) is 22.1 Å². The summed E-state index contributed by atoms with van der Waals surface area (Å²) in [7, 11) is -5.99. The Morgan fingerprint density at radius 3 is 2.07 bits per heavy atom. The molecule has 0 saturated carbocycles. The van der Waals surface area contributed by atoms with Gasteiger partial charge in [-0.3, -0.25) is 9.59 Å². The number of furan rings is 1. The van der Waals surface area contributed by atoms with Gasteiger partial charge in [0, 0.05) is 16.6 Å². The molecule has 1 amide bonds. The minimum atomic E-state index is -4.02. The van der Waals surface area contributed by atoms with Gasteiger partial charge in [-0.2, -0.15) is 4.72 Å². The molecule has 45 heavy (non-hydrogen) atoms. The van der Waals surface area contributed by atoms with Crippen molar-refractivity contribution in [1.29, 1.82) is 0 Å². The summed E-state index contributed by atoms with van der Waals surface area (Å²) >= 11 is 0. The Morgan fingerprint density at radius 2 is 1.53 bits per heavy atom. The first kappa shape index (κ1) is 34.1. The quantitative estimate of drug-likeness (QED) is 0.143. The van der Waals surface area contributed by atoms with Gasteiger partial charge in [0.25, 0.3) is 5.91 Å². The Bertz CT molecular complexity index is 1800. The lowest BCUT2D eigenvalue weighted by atomic mass is 10.1. The number of carboxylic acid groups (broad SMARTS) is 1. The number of amides is 1. The summed E-state index contributed by atoms with van der Waals surface area (Å²) in [4.78, 5) is 24.7. The van der Waals surface area contributed by atoms with Crippen molar-refractivity contribution < 1.29 is 32.0 Å². The molecule has 0 aliphatic heterocycles. The van der Waals surface area contributed by atoms with Crippen LogP contribution < -0.4 is 10.0 Å². The molecule has 4 aromatic rings. The largest absolute Gasteiger partial charge is 0.480 e. The molecule has 0 bridgehead atoms. The number of hydrogen-bond donors (Lipinski definition) is 3. The van der Waals surface area contributed by atoms with Crippen LogP contribution in [0.1, 0.15) is 56.3 Å². The standard InChI is InChI=1S/C34H42N2O7SSi/c1-21(2)30(33(38)39)36-44(40,41)27-18-14-24(15-19-27)23-12-16-26(17-13-23)35-32(37)31-22(3)29-25(10-9-11-28(29)43-31)20-42-45(7,8)34(4,5)6/h9-19,21,30,36H,20H2,1-8H3,(H,35,37)(H,38,39)/t30-/m0/s1. The van der Waals surface area contributed by atoms with Crippen LogP contribution in [0, 0.1) is 12.8 Å². The number of benzene rings is 3. The molecule has 9 nitrogen and oxygen atoms in total. The number of aliphatic carboxylic acids is 1. The zero-order chi connectivity index (χ0) is 33.3. The van der Waals surface area contributed by atoms with Crippen LogP contribution in [0.5, 0.6) is 0 Å². The minimum Gasteiger partial charge on any atom is -0.480 e. The third-order valence-electron chi connectivity index (χ3n) is 8.50. The lowest BCUT2D eigenvalue weighted by molar-refractivity contribution is -0.140. The van der Waals surface area contributed by atoms with E-state index in [0.29, 0.717) is 17.9 Å². The lowest BCUT2D eigenvalue weighted by Gasteiger charge is -2.36. The van der Waals surface area contributed by atoms with Gasteiger partial charge >= 0.3 is 5.97 Å². The molecule has 0 fully saturated rings. The van der Waals surface area contributed by atoms with E-state index < -0.39 is 36.3 Å². The highest BCUT2D eigenvalue weighted by atomic mass is 32.2. The van der Waals surface area contributed by atoms with E-state index in [4.69, 9.17) is 8.84 Å². The van der Waals surface area contributed by atoms with Gasteiger partial charge in [-0.25, -0.2) is 8.42 Å². The molecule has 0 radical (unpaired) electrons. The second-order valence-corrected chi connectivity index (χ2v) is 19.7. The van der Waals surface area contributed by atoms with E-state index in [1.807, 2.05) is 37.3 Å². The van der Waals surface area contributed by atoms with Crippen molar-refractivity contribution in [2.45, 2.75) is 77.2 Å². The summed E-state index contributed by atoms with van der Waals surface area (Å²) in [6.45, 7) is 16.6. The summed E-state index contributed by atoms with van der Waals surface area (Å²) < 4.78 is 40.2. The molecule has 240 valence electrons. The van der Waals surface area contributed by atoms with Gasteiger partial charge in [0.1, 0.15) is 11.6 Å². The molecule has 0 aliphatic carbocycles. The third-order valence-corrected chi connectivity index (χ3v) is 14.4. The molecule has 4 rings (SSSR count). The number of carbonyl (C=O) groups excluding carboxylic acids is 1. The normalized spacial score (nSPS) is 13.3. The summed E-state index contributed by atoms with van der Waals surface area (Å²) in [5.41, 5.74) is 4.50. The number of aryl methyl sites for hydroxylation is 1. The number of rotatable bonds is 11. The zero-order valence-electron chi connectivity index (χ0n) is 27.0. The van der Waals surface area contributed by atoms with Crippen LogP contribution in [-0.2, 0) is 25.9 Å². The maximum atomic E-state index is 13.3. The Labute approximate surface area is 266 Å². The highest BCUT2D eigenvalue weighted by molar-refractivity contribution is 7.89. The maximum Gasteiger partial charge on any atom is 0.322 e. The molecule has 0 spiro atoms. The third kappa shape index (κ3) is 7.55. The predicted octanol–water partition coefficient (Wildman–Crippen LogP) is 7.57. The molecule has 1 heterocycles. The van der Waals surface area contributed by atoms with Crippen LogP contribution in [0.15, 0.2) is 76.0 Å². The first-order chi connectivity index (χ1) is 20.9. The van der Waals surface area contributed by atoms with Gasteiger partial charge in [-0.05, 0) is 78.0 Å². The average molecular weight is 651 g/mol. The SMILES string of the molecule is Cc1c(C(=O)Nc2ccc(-c3ccc(S(=O)(=O)N[C@H](C(=O)O)C(C)C)cc3)cc2)oc2cccc(CO[Si](C)(C)C(C)(C)C)c12. The Hall–Kier alpha value is -3.77. The van der Waals surface area contributed by atoms with Crippen LogP contribution in [-0.4, -0.2) is 39.8 Å². The van der Waals surface area contributed by atoms with Crippen molar-refractivity contribution in [2.24, 2.45) is 5.92 Å². The second-order valence-electron chi connectivity index (χ2n) is 13.1. The van der Waals surface area contributed by atoms with Crippen molar-refractivity contribution in [1.82, 2.24) is 4.72 Å². The van der Waals surface area contributed by atoms with Crippen LogP contribution in [0.2, 0.25) is 18.1 Å². The molecular formula is C34H42N2O7SSi. The maximum absolute atomic E-state index is 13.3. The fourth-order valence-electron chi connectivity index (χ4n) is 4.67. The van der Waals surface area contributed by atoms with E-state index in [-0.39, 0.29) is 21.6 Å². The van der Waals surface area contributed by atoms with E-state index in [1.165, 1.54) is 12.1 Å². The summed E-state index contributed by atoms with van der Waals surface area (Å²) in [5.74, 6) is -1.78. The topological polar surface area (TPSA) is 135 Å². The van der Waals surface area contributed by atoms with Crippen molar-refractivity contribution in [2.75, 3.05) is 5.32 Å². The number of fused-ring (bicyclic) bond motifs is 1. The van der Waals surface area contributed by atoms with Gasteiger partial charge in [-0.15, -0.1) is 0 Å². The van der Waals surface area contributed by atoms with Gasteiger partial charge < -0.3 is 19.3 Å². The minimum absolute atomic E-state index is 0.0297. The van der Waals surface area contributed by atoms with Crippen LogP contribution >= 0.6 is 0 Å². The number of nitrogens with one attached hydrogen (secondary N) is 2. The van der Waals surface area contributed by atoms with E-state index in [9.17, 15) is 23.1 Å². The van der Waals surface area contributed by atoms with Crippen LogP contribution in [0.4, 0.5) is 5.69 Å². The highest BCUT2D eigenvalue weighted by Crippen LogP contribution is 2.38. The molecular weight excluding hydrogens is 609 g/mol. The number of sulfonamides is 1. The Kier molecular flexibility index (Phi) is 9.79. The highest BCUT2D eigenvalue weighted by Gasteiger charge is 2.37. The Morgan fingerprint density at radius 1 is 0.956 bits per heavy atom. The molecule has 3 N–H and O–H groups in total. The molecule has 1 atom stereocenters. The first-order valence-corrected chi connectivity index (χ1v) is 19.2. The molecule has 0 aliphatic rings. The molecule has 0 saturated heterocycles. The van der Waals surface area contributed by atoms with Gasteiger partial charge in [0.2, 0.25) is 10.0 Å². The molecule has 11 heteroatoms. The monoisotopic (exact) mass is 650 g/mol. The smallest absolute Gasteiger partial charge is 0.322 e. The second kappa shape index (κ2) is 12.9. The average Bonchev–Trinajstić information content (AvgIpc) is 3.31. The number of hydrogen-bond acceptors (Lipinski definition) is 6. The fourth-order valence-corrected chi connectivity index (χ4v) is 6.95. The summed E-state index contributed by atoms with van der Waals surface area (Å²) in [5, 5.41) is 13.2. The van der Waals surface area contributed by atoms with Gasteiger partial charge in [0.05, 0.1) is 11.5 Å². The van der Waals surface area contributed by atoms with Crippen molar-refractivity contribution in [3.8, 4) is 11.1 Å². The van der Waals surface area contributed by atoms with Gasteiger partial charge in [0.15, 0.2) is 14.1 Å².